The summed E-state index contributed by atoms with van der Waals surface area (Å²) in [4.78, 5) is 23.4. The molecule has 1 fully saturated rings. The number of amides is 2. The molecule has 3 rings (SSSR count). The third-order valence-electron chi connectivity index (χ3n) is 5.18. The lowest BCUT2D eigenvalue weighted by Crippen LogP contribution is -2.29. The van der Waals surface area contributed by atoms with E-state index in [1.165, 1.54) is 12.1 Å². The number of hydrogen-bond acceptors (Lipinski definition) is 7. The second-order valence-electron chi connectivity index (χ2n) is 7.67. The van der Waals surface area contributed by atoms with Crippen molar-refractivity contribution in [2.24, 2.45) is 0 Å². The standard InChI is InChI=1S/C22H27N3O7S/c1-15-18(26)5-4-6-20(15)32-12-3-2-11-23-21(28)10-8-16-7-9-17(19(27)13-16)25-14-22(29)24-33(25,30)31/h4-7,9,13,26-27H,2-3,8,10-12,14H2,1H3,(H,23,28)(H,24,29). The summed E-state index contributed by atoms with van der Waals surface area (Å²) in [5.41, 5.74) is 1.36. The van der Waals surface area contributed by atoms with Crippen molar-refractivity contribution in [2.75, 3.05) is 24.0 Å². The Balaban J connectivity index is 1.37. The van der Waals surface area contributed by atoms with Gasteiger partial charge in [-0.05, 0) is 56.0 Å². The average Bonchev–Trinajstić information content (AvgIpc) is 3.03. The monoisotopic (exact) mass is 477 g/mol. The first-order chi connectivity index (χ1) is 15.7. The van der Waals surface area contributed by atoms with Gasteiger partial charge in [-0.3, -0.25) is 9.59 Å². The zero-order valence-corrected chi connectivity index (χ0v) is 19.0. The van der Waals surface area contributed by atoms with Gasteiger partial charge in [0.15, 0.2) is 0 Å². The van der Waals surface area contributed by atoms with E-state index in [0.717, 1.165) is 17.1 Å². The molecule has 2 aromatic carbocycles. The number of carbonyl (C=O) groups is 2. The van der Waals surface area contributed by atoms with Gasteiger partial charge < -0.3 is 20.3 Å². The van der Waals surface area contributed by atoms with Crippen molar-refractivity contribution in [3.8, 4) is 17.2 Å². The lowest BCUT2D eigenvalue weighted by molar-refractivity contribution is -0.121. The Morgan fingerprint density at radius 3 is 2.67 bits per heavy atom. The van der Waals surface area contributed by atoms with E-state index in [-0.39, 0.29) is 29.5 Å². The fourth-order valence-electron chi connectivity index (χ4n) is 3.34. The van der Waals surface area contributed by atoms with Crippen LogP contribution in [0, 0.1) is 6.92 Å². The Kier molecular flexibility index (Phi) is 7.64. The van der Waals surface area contributed by atoms with Crippen molar-refractivity contribution < 1.29 is 33.0 Å². The number of phenols is 2. The maximum Gasteiger partial charge on any atom is 0.326 e. The van der Waals surface area contributed by atoms with Crippen molar-refractivity contribution >= 4 is 27.7 Å². The van der Waals surface area contributed by atoms with Gasteiger partial charge in [-0.1, -0.05) is 12.1 Å². The number of carbonyl (C=O) groups excluding carboxylic acids is 2. The van der Waals surface area contributed by atoms with Gasteiger partial charge >= 0.3 is 10.2 Å². The molecule has 4 N–H and O–H groups in total. The molecule has 0 bridgehead atoms. The van der Waals surface area contributed by atoms with E-state index in [2.05, 4.69) is 5.32 Å². The predicted octanol–water partition coefficient (Wildman–Crippen LogP) is 1.50. The molecule has 1 heterocycles. The molecule has 0 atom stereocenters. The highest BCUT2D eigenvalue weighted by Crippen LogP contribution is 2.31. The van der Waals surface area contributed by atoms with Crippen molar-refractivity contribution in [3.05, 3.63) is 47.5 Å². The minimum atomic E-state index is -4.00. The first-order valence-corrected chi connectivity index (χ1v) is 11.9. The first-order valence-electron chi connectivity index (χ1n) is 10.5. The molecule has 2 amide bonds. The third-order valence-corrected chi connectivity index (χ3v) is 6.57. The number of unbranched alkanes of at least 4 members (excludes halogenated alkanes) is 1. The third kappa shape index (κ3) is 6.28. The van der Waals surface area contributed by atoms with E-state index in [1.54, 1.807) is 31.2 Å². The molecule has 0 aliphatic carbocycles. The molecule has 0 saturated carbocycles. The highest BCUT2D eigenvalue weighted by atomic mass is 32.2. The highest BCUT2D eigenvalue weighted by Gasteiger charge is 2.35. The highest BCUT2D eigenvalue weighted by molar-refractivity contribution is 7.92. The maximum atomic E-state index is 12.1. The number of hydrogen-bond donors (Lipinski definition) is 4. The van der Waals surface area contributed by atoms with E-state index in [9.17, 15) is 28.2 Å². The zero-order chi connectivity index (χ0) is 24.0. The quantitative estimate of drug-likeness (QED) is 0.379. The molecule has 1 aliphatic rings. The topological polar surface area (TPSA) is 145 Å². The van der Waals surface area contributed by atoms with E-state index in [4.69, 9.17) is 4.74 Å². The van der Waals surface area contributed by atoms with Crippen LogP contribution in [0.15, 0.2) is 36.4 Å². The largest absolute Gasteiger partial charge is 0.508 e. The lowest BCUT2D eigenvalue weighted by Gasteiger charge is -2.16. The number of rotatable bonds is 10. The second kappa shape index (κ2) is 10.4. The fourth-order valence-corrected chi connectivity index (χ4v) is 4.50. The van der Waals surface area contributed by atoms with E-state index in [0.29, 0.717) is 36.4 Å². The fraction of sp³-hybridized carbons (Fsp3) is 0.364. The van der Waals surface area contributed by atoms with Crippen LogP contribution in [0.4, 0.5) is 5.69 Å². The van der Waals surface area contributed by atoms with Crippen molar-refractivity contribution in [2.45, 2.75) is 32.6 Å². The molecule has 33 heavy (non-hydrogen) atoms. The lowest BCUT2D eigenvalue weighted by atomic mass is 10.1. The number of ether oxygens (including phenoxy) is 1. The van der Waals surface area contributed by atoms with E-state index >= 15 is 0 Å². The normalized spacial score (nSPS) is 14.7. The Labute approximate surface area is 192 Å². The zero-order valence-electron chi connectivity index (χ0n) is 18.2. The SMILES string of the molecule is Cc1c(O)cccc1OCCCCNC(=O)CCc1ccc(N2CC(=O)NS2(=O)=O)c(O)c1. The molecule has 1 saturated heterocycles. The van der Waals surface area contributed by atoms with Crippen LogP contribution < -0.4 is 19.1 Å². The van der Waals surface area contributed by atoms with Crippen LogP contribution in [0.5, 0.6) is 17.2 Å². The number of phenolic OH excluding ortho intramolecular Hbond substituents is 2. The van der Waals surface area contributed by atoms with Gasteiger partial charge in [-0.2, -0.15) is 8.42 Å². The first kappa shape index (κ1) is 24.2. The van der Waals surface area contributed by atoms with Gasteiger partial charge in [0.2, 0.25) is 5.91 Å². The minimum absolute atomic E-state index is 0.00433. The van der Waals surface area contributed by atoms with Gasteiger partial charge in [-0.25, -0.2) is 9.03 Å². The second-order valence-corrected chi connectivity index (χ2v) is 9.26. The van der Waals surface area contributed by atoms with Crippen LogP contribution in [0.2, 0.25) is 0 Å². The van der Waals surface area contributed by atoms with Gasteiger partial charge in [-0.15, -0.1) is 0 Å². The number of aryl methyl sites for hydroxylation is 1. The van der Waals surface area contributed by atoms with E-state index in [1.807, 2.05) is 4.72 Å². The minimum Gasteiger partial charge on any atom is -0.508 e. The van der Waals surface area contributed by atoms with Crippen LogP contribution >= 0.6 is 0 Å². The molecule has 11 heteroatoms. The molecule has 1 aliphatic heterocycles. The molecule has 0 spiro atoms. The molecule has 178 valence electrons. The number of nitrogens with one attached hydrogen (secondary N) is 2. The Morgan fingerprint density at radius 2 is 1.97 bits per heavy atom. The maximum absolute atomic E-state index is 12.1. The van der Waals surface area contributed by atoms with Crippen LogP contribution in [-0.2, 0) is 26.2 Å². The molecule has 0 aromatic heterocycles. The molecule has 0 radical (unpaired) electrons. The van der Waals surface area contributed by atoms with Gasteiger partial charge in [0, 0.05) is 18.5 Å². The Hall–Kier alpha value is -3.47. The summed E-state index contributed by atoms with van der Waals surface area (Å²) >= 11 is 0. The van der Waals surface area contributed by atoms with Crippen LogP contribution in [-0.4, -0.2) is 50.1 Å². The number of benzene rings is 2. The molecular weight excluding hydrogens is 450 g/mol. The van der Waals surface area contributed by atoms with Crippen LogP contribution in [0.3, 0.4) is 0 Å². The average molecular weight is 478 g/mol. The smallest absolute Gasteiger partial charge is 0.326 e. The summed E-state index contributed by atoms with van der Waals surface area (Å²) in [7, 11) is -4.00. The summed E-state index contributed by atoms with van der Waals surface area (Å²) in [6, 6.07) is 9.53. The molecule has 0 unspecified atom stereocenters. The van der Waals surface area contributed by atoms with Crippen molar-refractivity contribution in [1.82, 2.24) is 10.0 Å². The van der Waals surface area contributed by atoms with Crippen molar-refractivity contribution in [1.29, 1.82) is 0 Å². The van der Waals surface area contributed by atoms with Crippen molar-refractivity contribution in [3.63, 3.8) is 0 Å². The summed E-state index contributed by atoms with van der Waals surface area (Å²) < 4.78 is 32.1. The summed E-state index contributed by atoms with van der Waals surface area (Å²) in [5, 5.41) is 22.7. The summed E-state index contributed by atoms with van der Waals surface area (Å²) in [6.07, 6.45) is 2.04. The van der Waals surface area contributed by atoms with Crippen LogP contribution in [0.25, 0.3) is 0 Å². The van der Waals surface area contributed by atoms with Gasteiger partial charge in [0.25, 0.3) is 5.91 Å². The Morgan fingerprint density at radius 1 is 1.18 bits per heavy atom. The predicted molar refractivity (Wildman–Crippen MR) is 121 cm³/mol. The number of aromatic hydroxyl groups is 2. The summed E-state index contributed by atoms with van der Waals surface area (Å²) in [6.45, 7) is 2.36. The summed E-state index contributed by atoms with van der Waals surface area (Å²) in [5.74, 6) is -0.263. The van der Waals surface area contributed by atoms with E-state index < -0.39 is 22.7 Å². The van der Waals surface area contributed by atoms with Crippen LogP contribution in [0.1, 0.15) is 30.4 Å². The molecular formula is C22H27N3O7S. The van der Waals surface area contributed by atoms with Gasteiger partial charge in [0.05, 0.1) is 12.3 Å². The van der Waals surface area contributed by atoms with Gasteiger partial charge in [0.1, 0.15) is 23.8 Å². The molecule has 2 aromatic rings. The number of nitrogens with zero attached hydrogens (tertiary/aromatic N) is 1. The number of anilines is 1. The Bertz CT molecular complexity index is 1130. The molecule has 10 nitrogen and oxygen atoms in total.